The Bertz CT molecular complexity index is 1060. The van der Waals surface area contributed by atoms with E-state index in [-0.39, 0.29) is 6.61 Å². The van der Waals surface area contributed by atoms with Crippen LogP contribution in [0.5, 0.6) is 0 Å². The number of benzene rings is 1. The predicted molar refractivity (Wildman–Crippen MR) is 134 cm³/mol. The monoisotopic (exact) mass is 484 g/mol. The summed E-state index contributed by atoms with van der Waals surface area (Å²) in [6, 6.07) is 7.29. The van der Waals surface area contributed by atoms with Gasteiger partial charge in [0.1, 0.15) is 5.60 Å². The molecule has 1 N–H and O–H groups in total. The topological polar surface area (TPSA) is 94.2 Å². The van der Waals surface area contributed by atoms with Gasteiger partial charge in [0.25, 0.3) is 0 Å². The highest BCUT2D eigenvalue weighted by Crippen LogP contribution is 2.41. The predicted octanol–water partition coefficient (Wildman–Crippen LogP) is 3.55. The van der Waals surface area contributed by atoms with E-state index in [9.17, 15) is 14.4 Å². The molecule has 1 atom stereocenters. The summed E-state index contributed by atoms with van der Waals surface area (Å²) in [7, 11) is 5.08. The molecule has 35 heavy (non-hydrogen) atoms. The molecule has 0 radical (unpaired) electrons. The Morgan fingerprint density at radius 1 is 1.09 bits per heavy atom. The molecule has 0 fully saturated rings. The number of esters is 3. The Morgan fingerprint density at radius 2 is 1.74 bits per heavy atom. The maximum absolute atomic E-state index is 13.1. The van der Waals surface area contributed by atoms with Gasteiger partial charge >= 0.3 is 17.9 Å². The maximum Gasteiger partial charge on any atom is 0.336 e. The van der Waals surface area contributed by atoms with Gasteiger partial charge in [-0.05, 0) is 65.9 Å². The van der Waals surface area contributed by atoms with Gasteiger partial charge in [-0.15, -0.1) is 0 Å². The molecule has 1 aromatic carbocycles. The third kappa shape index (κ3) is 7.29. The molecule has 1 unspecified atom stereocenters. The van der Waals surface area contributed by atoms with Crippen LogP contribution >= 0.6 is 0 Å². The number of hydrogen-bond acceptors (Lipinski definition) is 8. The number of rotatable bonds is 8. The normalized spacial score (nSPS) is 16.4. The van der Waals surface area contributed by atoms with Crippen LogP contribution in [0.3, 0.4) is 0 Å². The number of nitrogens with zero attached hydrogens (tertiary/aromatic N) is 1. The van der Waals surface area contributed by atoms with Gasteiger partial charge in [-0.1, -0.05) is 24.3 Å². The standard InChI is InChI=1S/C27H36N2O6/c1-9-34-26(32)22-17(2)28-20(16-29(6)7)24(25(31)33-8)23(22)19-13-11-10-12-18(19)14-15-21(30)35-27(3,4)5/h10-15,23,28H,9,16H2,1-8H3. The number of nitrogens with one attached hydrogen (secondary N) is 1. The molecule has 190 valence electrons. The lowest BCUT2D eigenvalue weighted by Crippen LogP contribution is -2.36. The minimum Gasteiger partial charge on any atom is -0.466 e. The number of carbonyl (C=O) groups is 3. The van der Waals surface area contributed by atoms with E-state index in [1.807, 2.05) is 43.3 Å². The van der Waals surface area contributed by atoms with E-state index in [4.69, 9.17) is 14.2 Å². The largest absolute Gasteiger partial charge is 0.466 e. The van der Waals surface area contributed by atoms with E-state index in [0.717, 1.165) is 0 Å². The zero-order chi connectivity index (χ0) is 26.3. The second kappa shape index (κ2) is 11.8. The third-order valence-electron chi connectivity index (χ3n) is 5.13. The molecule has 1 heterocycles. The third-order valence-corrected chi connectivity index (χ3v) is 5.13. The average Bonchev–Trinajstić information content (AvgIpc) is 2.75. The van der Waals surface area contributed by atoms with Gasteiger partial charge in [0, 0.05) is 24.0 Å². The average molecular weight is 485 g/mol. The lowest BCUT2D eigenvalue weighted by Gasteiger charge is -2.33. The smallest absolute Gasteiger partial charge is 0.336 e. The minimum absolute atomic E-state index is 0.185. The Labute approximate surface area is 207 Å². The van der Waals surface area contributed by atoms with Crippen molar-refractivity contribution >= 4 is 24.0 Å². The van der Waals surface area contributed by atoms with Crippen molar-refractivity contribution in [3.05, 3.63) is 64.0 Å². The van der Waals surface area contributed by atoms with Gasteiger partial charge in [-0.2, -0.15) is 0 Å². The van der Waals surface area contributed by atoms with Crippen molar-refractivity contribution in [1.29, 1.82) is 0 Å². The summed E-state index contributed by atoms with van der Waals surface area (Å²) in [6.45, 7) is 9.49. The van der Waals surface area contributed by atoms with Crippen LogP contribution in [0.25, 0.3) is 6.08 Å². The first-order valence-corrected chi connectivity index (χ1v) is 11.5. The summed E-state index contributed by atoms with van der Waals surface area (Å²) >= 11 is 0. The Balaban J connectivity index is 2.74. The first kappa shape index (κ1) is 27.9. The Morgan fingerprint density at radius 3 is 2.31 bits per heavy atom. The second-order valence-electron chi connectivity index (χ2n) is 9.43. The Kier molecular flexibility index (Phi) is 9.42. The van der Waals surface area contributed by atoms with Crippen molar-refractivity contribution in [3.8, 4) is 0 Å². The molecular weight excluding hydrogens is 448 g/mol. The molecule has 8 nitrogen and oxygen atoms in total. The molecule has 0 spiro atoms. The SMILES string of the molecule is CCOC(=O)C1=C(C)NC(CN(C)C)=C(C(=O)OC)C1c1ccccc1C=CC(=O)OC(C)(C)C. The highest BCUT2D eigenvalue weighted by atomic mass is 16.6. The fourth-order valence-corrected chi connectivity index (χ4v) is 3.90. The van der Waals surface area contributed by atoms with E-state index in [1.54, 1.807) is 40.7 Å². The van der Waals surface area contributed by atoms with Crippen LogP contribution in [0.2, 0.25) is 0 Å². The molecule has 0 bridgehead atoms. The van der Waals surface area contributed by atoms with Crippen molar-refractivity contribution in [2.24, 2.45) is 0 Å². The molecule has 0 saturated carbocycles. The summed E-state index contributed by atoms with van der Waals surface area (Å²) in [5.41, 5.74) is 2.53. The van der Waals surface area contributed by atoms with Gasteiger partial charge in [-0.25, -0.2) is 14.4 Å². The number of dihydropyridines is 1. The van der Waals surface area contributed by atoms with Crippen molar-refractivity contribution < 1.29 is 28.6 Å². The summed E-state index contributed by atoms with van der Waals surface area (Å²) < 4.78 is 15.9. The molecule has 1 aromatic rings. The van der Waals surface area contributed by atoms with E-state index >= 15 is 0 Å². The van der Waals surface area contributed by atoms with Crippen LogP contribution in [0.1, 0.15) is 51.7 Å². The van der Waals surface area contributed by atoms with Crippen LogP contribution in [0.15, 0.2) is 52.9 Å². The van der Waals surface area contributed by atoms with Crippen LogP contribution < -0.4 is 5.32 Å². The molecule has 2 rings (SSSR count). The summed E-state index contributed by atoms with van der Waals surface area (Å²) in [5.74, 6) is -2.34. The van der Waals surface area contributed by atoms with Crippen molar-refractivity contribution in [2.45, 2.75) is 46.1 Å². The quantitative estimate of drug-likeness (QED) is 0.340. The molecular formula is C27H36N2O6. The van der Waals surface area contributed by atoms with Crippen molar-refractivity contribution in [3.63, 3.8) is 0 Å². The summed E-state index contributed by atoms with van der Waals surface area (Å²) in [5, 5.41) is 3.22. The molecule has 0 amide bonds. The Hall–Kier alpha value is -3.39. The zero-order valence-corrected chi connectivity index (χ0v) is 21.9. The van der Waals surface area contributed by atoms with Crippen LogP contribution in [-0.2, 0) is 28.6 Å². The van der Waals surface area contributed by atoms with Crippen molar-refractivity contribution in [1.82, 2.24) is 10.2 Å². The van der Waals surface area contributed by atoms with E-state index < -0.39 is 29.4 Å². The van der Waals surface area contributed by atoms with Gasteiger partial charge in [0.05, 0.1) is 30.8 Å². The molecule has 1 aliphatic heterocycles. The van der Waals surface area contributed by atoms with Crippen LogP contribution in [0, 0.1) is 0 Å². The number of ether oxygens (including phenoxy) is 3. The van der Waals surface area contributed by atoms with E-state index in [0.29, 0.717) is 40.2 Å². The minimum atomic E-state index is -0.766. The number of likely N-dealkylation sites (N-methyl/N-ethyl adjacent to an activating group) is 1. The molecule has 0 aromatic heterocycles. The highest BCUT2D eigenvalue weighted by Gasteiger charge is 2.39. The zero-order valence-electron chi connectivity index (χ0n) is 21.9. The van der Waals surface area contributed by atoms with Crippen LogP contribution in [-0.4, -0.2) is 62.8 Å². The van der Waals surface area contributed by atoms with E-state index in [1.165, 1.54) is 13.2 Å². The molecule has 1 aliphatic rings. The number of carbonyl (C=O) groups excluding carboxylic acids is 3. The summed E-state index contributed by atoms with van der Waals surface area (Å²) in [6.07, 6.45) is 2.97. The number of allylic oxidation sites excluding steroid dienone is 1. The second-order valence-corrected chi connectivity index (χ2v) is 9.43. The first-order valence-electron chi connectivity index (χ1n) is 11.5. The molecule has 0 aliphatic carbocycles. The fourth-order valence-electron chi connectivity index (χ4n) is 3.90. The lowest BCUT2D eigenvalue weighted by molar-refractivity contribution is -0.148. The maximum atomic E-state index is 13.1. The first-order chi connectivity index (χ1) is 16.4. The van der Waals surface area contributed by atoms with Crippen LogP contribution in [0.4, 0.5) is 0 Å². The highest BCUT2D eigenvalue weighted by molar-refractivity contribution is 6.00. The van der Waals surface area contributed by atoms with Gasteiger partial charge in [0.15, 0.2) is 0 Å². The summed E-state index contributed by atoms with van der Waals surface area (Å²) in [4.78, 5) is 40.5. The van der Waals surface area contributed by atoms with E-state index in [2.05, 4.69) is 5.32 Å². The fraction of sp³-hybridized carbons (Fsp3) is 0.444. The van der Waals surface area contributed by atoms with Crippen molar-refractivity contribution in [2.75, 3.05) is 34.4 Å². The molecule has 8 heteroatoms. The van der Waals surface area contributed by atoms with Gasteiger partial charge in [-0.3, -0.25) is 0 Å². The number of methoxy groups -OCH3 is 1. The molecule has 0 saturated heterocycles. The number of hydrogen-bond donors (Lipinski definition) is 1. The van der Waals surface area contributed by atoms with Gasteiger partial charge < -0.3 is 24.4 Å². The lowest BCUT2D eigenvalue weighted by atomic mass is 9.78. The van der Waals surface area contributed by atoms with Gasteiger partial charge in [0.2, 0.25) is 0 Å².